The third-order valence-corrected chi connectivity index (χ3v) is 8.06. The molecule has 2 aliphatic rings. The van der Waals surface area contributed by atoms with Crippen molar-refractivity contribution in [3.8, 4) is 11.5 Å². The Kier molecular flexibility index (Phi) is 5.32. The molecule has 2 bridgehead atoms. The fourth-order valence-corrected chi connectivity index (χ4v) is 5.49. The normalized spacial score (nSPS) is 26.1. The minimum atomic E-state index is -0.557. The number of carbonyl (C=O) groups is 1. The van der Waals surface area contributed by atoms with E-state index in [1.165, 1.54) is 18.2 Å². The van der Waals surface area contributed by atoms with Crippen molar-refractivity contribution in [3.63, 3.8) is 0 Å². The summed E-state index contributed by atoms with van der Waals surface area (Å²) in [6.45, 7) is 6.78. The van der Waals surface area contributed by atoms with Gasteiger partial charge in [0, 0.05) is 29.3 Å². The van der Waals surface area contributed by atoms with Crippen molar-refractivity contribution >= 4 is 23.3 Å². The van der Waals surface area contributed by atoms with Gasteiger partial charge >= 0.3 is 5.97 Å². The molecular weight excluding hydrogens is 421 g/mol. The molecule has 0 amide bonds. The number of benzene rings is 2. The maximum atomic E-state index is 13.5. The molecule has 31 heavy (non-hydrogen) atoms. The third kappa shape index (κ3) is 3.61. The van der Waals surface area contributed by atoms with Crippen molar-refractivity contribution in [2.24, 2.45) is 16.7 Å². The van der Waals surface area contributed by atoms with Gasteiger partial charge in [0.2, 0.25) is 0 Å². The van der Waals surface area contributed by atoms with Gasteiger partial charge in [-0.05, 0) is 54.9 Å². The Morgan fingerprint density at radius 1 is 1.26 bits per heavy atom. The van der Waals surface area contributed by atoms with Crippen LogP contribution in [0.5, 0.6) is 11.5 Å². The Hall–Kier alpha value is -2.47. The Labute approximate surface area is 186 Å². The van der Waals surface area contributed by atoms with Gasteiger partial charge in [-0.15, -0.1) is 0 Å². The molecule has 0 heterocycles. The summed E-state index contributed by atoms with van der Waals surface area (Å²) in [5, 5.41) is 23.3. The molecule has 2 aromatic carbocycles. The summed E-state index contributed by atoms with van der Waals surface area (Å²) < 4.78 is 19.4. The summed E-state index contributed by atoms with van der Waals surface area (Å²) in [6.07, 6.45) is 2.89. The second kappa shape index (κ2) is 7.59. The van der Waals surface area contributed by atoms with E-state index in [1.54, 1.807) is 6.07 Å². The second-order valence-corrected chi connectivity index (χ2v) is 9.89. The molecule has 0 aliphatic heterocycles. The number of anilines is 1. The monoisotopic (exact) mass is 447 g/mol. The number of hydrogen-bond donors (Lipinski definition) is 3. The van der Waals surface area contributed by atoms with E-state index in [9.17, 15) is 19.4 Å². The van der Waals surface area contributed by atoms with Gasteiger partial charge in [0.05, 0.1) is 5.02 Å². The van der Waals surface area contributed by atoms with Gasteiger partial charge in [-0.3, -0.25) is 0 Å². The summed E-state index contributed by atoms with van der Waals surface area (Å²) in [5.41, 5.74) is 0.950. The SMILES string of the molecule is CC1(C)C2CCC1(C)C(OC(=O)c1ccc(NCc3cc(F)cc(Cl)c3O)cc1O)C2. The van der Waals surface area contributed by atoms with E-state index >= 15 is 0 Å². The Morgan fingerprint density at radius 2 is 2.00 bits per heavy atom. The van der Waals surface area contributed by atoms with Crippen LogP contribution in [0.25, 0.3) is 0 Å². The molecule has 3 atom stereocenters. The van der Waals surface area contributed by atoms with Crippen LogP contribution in [0, 0.1) is 22.6 Å². The van der Waals surface area contributed by atoms with Gasteiger partial charge in [0.1, 0.15) is 29.0 Å². The number of phenolic OH excluding ortho intramolecular Hbond substituents is 2. The van der Waals surface area contributed by atoms with Crippen molar-refractivity contribution in [2.45, 2.75) is 52.7 Å². The second-order valence-electron chi connectivity index (χ2n) is 9.49. The number of hydrogen-bond acceptors (Lipinski definition) is 5. The van der Waals surface area contributed by atoms with Crippen molar-refractivity contribution in [1.29, 1.82) is 0 Å². The highest BCUT2D eigenvalue weighted by Crippen LogP contribution is 2.66. The molecule has 2 aliphatic carbocycles. The van der Waals surface area contributed by atoms with Crippen molar-refractivity contribution in [1.82, 2.24) is 0 Å². The van der Waals surface area contributed by atoms with E-state index in [2.05, 4.69) is 26.1 Å². The molecule has 4 rings (SSSR count). The number of esters is 1. The molecule has 7 heteroatoms. The van der Waals surface area contributed by atoms with Gasteiger partial charge in [-0.1, -0.05) is 32.4 Å². The number of ether oxygens (including phenoxy) is 1. The summed E-state index contributed by atoms with van der Waals surface area (Å²) in [6, 6.07) is 6.74. The standard InChI is InChI=1S/C24H27ClFNO4/c1-23(2)14-6-7-24(23,3)20(9-14)31-22(30)17-5-4-16(11-19(17)28)27-12-13-8-15(26)10-18(25)21(13)29/h4-5,8,10-11,14,20,27-29H,6-7,9,12H2,1-3H3. The van der Waals surface area contributed by atoms with Crippen LogP contribution in [0.4, 0.5) is 10.1 Å². The molecule has 0 saturated heterocycles. The lowest BCUT2D eigenvalue weighted by Gasteiger charge is -2.38. The van der Waals surface area contributed by atoms with Crippen molar-refractivity contribution < 1.29 is 24.1 Å². The molecule has 0 radical (unpaired) electrons. The van der Waals surface area contributed by atoms with E-state index in [-0.39, 0.29) is 51.1 Å². The van der Waals surface area contributed by atoms with Crippen LogP contribution >= 0.6 is 11.6 Å². The van der Waals surface area contributed by atoms with Gasteiger partial charge in [-0.2, -0.15) is 0 Å². The minimum Gasteiger partial charge on any atom is -0.507 e. The molecule has 0 spiro atoms. The van der Waals surface area contributed by atoms with Crippen LogP contribution in [-0.4, -0.2) is 22.3 Å². The predicted octanol–water partition coefficient (Wildman–Crippen LogP) is 5.87. The molecular formula is C24H27ClFNO4. The number of nitrogens with one attached hydrogen (secondary N) is 1. The maximum absolute atomic E-state index is 13.5. The Balaban J connectivity index is 1.44. The van der Waals surface area contributed by atoms with Crippen LogP contribution in [0.15, 0.2) is 30.3 Å². The smallest absolute Gasteiger partial charge is 0.342 e. The molecule has 3 N–H and O–H groups in total. The van der Waals surface area contributed by atoms with Crippen LogP contribution < -0.4 is 5.32 Å². The fourth-order valence-electron chi connectivity index (χ4n) is 5.27. The average molecular weight is 448 g/mol. The highest BCUT2D eigenvalue weighted by molar-refractivity contribution is 6.32. The van der Waals surface area contributed by atoms with E-state index in [1.807, 2.05) is 0 Å². The average Bonchev–Trinajstić information content (AvgIpc) is 3.03. The molecule has 2 aromatic rings. The first-order valence-electron chi connectivity index (χ1n) is 10.5. The van der Waals surface area contributed by atoms with Gasteiger partial charge < -0.3 is 20.3 Å². The lowest BCUT2D eigenvalue weighted by molar-refractivity contribution is -0.0244. The zero-order valence-electron chi connectivity index (χ0n) is 17.8. The quantitative estimate of drug-likeness (QED) is 0.499. The van der Waals surface area contributed by atoms with Crippen LogP contribution in [0.3, 0.4) is 0 Å². The topological polar surface area (TPSA) is 78.8 Å². The van der Waals surface area contributed by atoms with E-state index in [0.717, 1.165) is 25.3 Å². The van der Waals surface area contributed by atoms with Crippen LogP contribution in [0.2, 0.25) is 5.02 Å². The highest BCUT2D eigenvalue weighted by atomic mass is 35.5. The molecule has 0 aromatic heterocycles. The first-order chi connectivity index (χ1) is 14.5. The summed E-state index contributed by atoms with van der Waals surface area (Å²) >= 11 is 5.79. The number of rotatable bonds is 5. The highest BCUT2D eigenvalue weighted by Gasteiger charge is 2.62. The largest absolute Gasteiger partial charge is 0.507 e. The molecule has 3 unspecified atom stereocenters. The number of aromatic hydroxyl groups is 2. The predicted molar refractivity (Wildman–Crippen MR) is 117 cm³/mol. The summed E-state index contributed by atoms with van der Waals surface area (Å²) in [5.74, 6) is -0.958. The summed E-state index contributed by atoms with van der Waals surface area (Å²) in [7, 11) is 0. The first kappa shape index (κ1) is 21.8. The number of halogens is 2. The minimum absolute atomic E-state index is 0.0569. The molecule has 2 saturated carbocycles. The number of fused-ring (bicyclic) bond motifs is 2. The zero-order valence-corrected chi connectivity index (χ0v) is 18.6. The first-order valence-corrected chi connectivity index (χ1v) is 10.9. The van der Waals surface area contributed by atoms with Crippen molar-refractivity contribution in [3.05, 3.63) is 52.3 Å². The fraction of sp³-hybridized carbons (Fsp3) is 0.458. The van der Waals surface area contributed by atoms with Crippen molar-refractivity contribution in [2.75, 3.05) is 5.32 Å². The van der Waals surface area contributed by atoms with E-state index < -0.39 is 11.8 Å². The van der Waals surface area contributed by atoms with E-state index in [4.69, 9.17) is 16.3 Å². The molecule has 5 nitrogen and oxygen atoms in total. The number of carbonyl (C=O) groups excluding carboxylic acids is 1. The van der Waals surface area contributed by atoms with Gasteiger partial charge in [0.25, 0.3) is 0 Å². The Morgan fingerprint density at radius 3 is 2.61 bits per heavy atom. The summed E-state index contributed by atoms with van der Waals surface area (Å²) in [4.78, 5) is 12.8. The van der Waals surface area contributed by atoms with Gasteiger partial charge in [-0.25, -0.2) is 9.18 Å². The lowest BCUT2D eigenvalue weighted by atomic mass is 9.70. The number of phenols is 2. The molecule has 2 fully saturated rings. The van der Waals surface area contributed by atoms with Gasteiger partial charge in [0.15, 0.2) is 0 Å². The van der Waals surface area contributed by atoms with E-state index in [0.29, 0.717) is 11.6 Å². The van der Waals surface area contributed by atoms with Crippen LogP contribution in [0.1, 0.15) is 56.0 Å². The zero-order chi connectivity index (χ0) is 22.6. The third-order valence-electron chi connectivity index (χ3n) is 7.77. The van der Waals surface area contributed by atoms with Crippen LogP contribution in [-0.2, 0) is 11.3 Å². The maximum Gasteiger partial charge on any atom is 0.342 e. The Bertz CT molecular complexity index is 1040. The molecule has 166 valence electrons. The lowest BCUT2D eigenvalue weighted by Crippen LogP contribution is -2.38.